The Morgan fingerprint density at radius 1 is 1.32 bits per heavy atom. The van der Waals surface area contributed by atoms with Gasteiger partial charge < -0.3 is 5.11 Å². The zero-order chi connectivity index (χ0) is 13.8. The summed E-state index contributed by atoms with van der Waals surface area (Å²) in [5.41, 5.74) is 4.88. The van der Waals surface area contributed by atoms with Crippen molar-refractivity contribution >= 4 is 0 Å². The van der Waals surface area contributed by atoms with Gasteiger partial charge in [0.05, 0.1) is 11.8 Å². The molecule has 1 unspecified atom stereocenters. The molecule has 1 aromatic heterocycles. The van der Waals surface area contributed by atoms with E-state index in [1.165, 1.54) is 36.1 Å². The maximum atomic E-state index is 10.4. The number of aliphatic hydroxyl groups is 1. The van der Waals surface area contributed by atoms with Gasteiger partial charge >= 0.3 is 0 Å². The number of aromatic nitrogens is 2. The van der Waals surface area contributed by atoms with E-state index in [9.17, 15) is 5.11 Å². The van der Waals surface area contributed by atoms with Crippen molar-refractivity contribution in [1.29, 1.82) is 0 Å². The molecule has 0 saturated heterocycles. The van der Waals surface area contributed by atoms with E-state index in [2.05, 4.69) is 25.0 Å². The third-order valence-electron chi connectivity index (χ3n) is 4.33. The first-order chi connectivity index (χ1) is 9.09. The number of allylic oxidation sites excluding steroid dienone is 1. The molecule has 0 radical (unpaired) electrons. The van der Waals surface area contributed by atoms with Gasteiger partial charge in [-0.25, -0.2) is 0 Å². The Kier molecular flexibility index (Phi) is 4.81. The van der Waals surface area contributed by atoms with E-state index >= 15 is 0 Å². The van der Waals surface area contributed by atoms with Gasteiger partial charge in [0, 0.05) is 12.7 Å². The van der Waals surface area contributed by atoms with Crippen molar-refractivity contribution in [2.45, 2.75) is 64.9 Å². The molecule has 1 aliphatic rings. The number of nitrogens with zero attached hydrogens (tertiary/aromatic N) is 2. The molecule has 106 valence electrons. The first-order valence-electron chi connectivity index (χ1n) is 7.45. The van der Waals surface area contributed by atoms with Crippen LogP contribution in [-0.2, 0) is 13.5 Å². The summed E-state index contributed by atoms with van der Waals surface area (Å²) in [6, 6.07) is 0. The fourth-order valence-corrected chi connectivity index (χ4v) is 2.99. The molecule has 0 aliphatic heterocycles. The summed E-state index contributed by atoms with van der Waals surface area (Å²) in [6.07, 6.45) is 9.75. The summed E-state index contributed by atoms with van der Waals surface area (Å²) >= 11 is 0. The topological polar surface area (TPSA) is 38.0 Å². The van der Waals surface area contributed by atoms with Crippen molar-refractivity contribution in [1.82, 2.24) is 9.78 Å². The second-order valence-corrected chi connectivity index (χ2v) is 5.71. The Morgan fingerprint density at radius 3 is 2.79 bits per heavy atom. The first-order valence-corrected chi connectivity index (χ1v) is 7.45. The van der Waals surface area contributed by atoms with Crippen molar-refractivity contribution in [2.75, 3.05) is 0 Å². The van der Waals surface area contributed by atoms with Crippen LogP contribution >= 0.6 is 0 Å². The van der Waals surface area contributed by atoms with Crippen LogP contribution in [0.25, 0.3) is 0 Å². The number of hydrogen-bond acceptors (Lipinski definition) is 2. The predicted molar refractivity (Wildman–Crippen MR) is 78.2 cm³/mol. The van der Waals surface area contributed by atoms with Gasteiger partial charge in [-0.3, -0.25) is 4.68 Å². The molecule has 0 aromatic carbocycles. The summed E-state index contributed by atoms with van der Waals surface area (Å²) in [7, 11) is 1.98. The Hall–Kier alpha value is -1.09. The fraction of sp³-hybridized carbons (Fsp3) is 0.688. The summed E-state index contributed by atoms with van der Waals surface area (Å²) in [5.74, 6) is 0. The van der Waals surface area contributed by atoms with Gasteiger partial charge in [0.25, 0.3) is 0 Å². The van der Waals surface area contributed by atoms with Crippen LogP contribution in [0.5, 0.6) is 0 Å². The van der Waals surface area contributed by atoms with E-state index in [1.54, 1.807) is 0 Å². The Morgan fingerprint density at radius 2 is 2.11 bits per heavy atom. The molecule has 3 heteroatoms. The summed E-state index contributed by atoms with van der Waals surface area (Å²) < 4.78 is 1.93. The Balaban J connectivity index is 1.96. The molecule has 3 nitrogen and oxygen atoms in total. The Bertz CT molecular complexity index is 460. The number of aliphatic hydroxyl groups excluding tert-OH is 1. The molecule has 1 aliphatic carbocycles. The lowest BCUT2D eigenvalue weighted by molar-refractivity contribution is 0.196. The summed E-state index contributed by atoms with van der Waals surface area (Å²) in [4.78, 5) is 0. The van der Waals surface area contributed by atoms with Gasteiger partial charge in [-0.05, 0) is 63.5 Å². The average molecular weight is 262 g/mol. The lowest BCUT2D eigenvalue weighted by Crippen LogP contribution is -2.12. The third-order valence-corrected chi connectivity index (χ3v) is 4.33. The van der Waals surface area contributed by atoms with Crippen LogP contribution < -0.4 is 0 Å². The van der Waals surface area contributed by atoms with Gasteiger partial charge in [0.15, 0.2) is 0 Å². The van der Waals surface area contributed by atoms with Gasteiger partial charge in [0.2, 0.25) is 0 Å². The highest BCUT2D eigenvalue weighted by Gasteiger charge is 2.15. The van der Waals surface area contributed by atoms with Crippen LogP contribution in [0.2, 0.25) is 0 Å². The Labute approximate surface area is 116 Å². The normalized spacial score (nSPS) is 18.0. The lowest BCUT2D eigenvalue weighted by Gasteiger charge is -2.14. The zero-order valence-electron chi connectivity index (χ0n) is 12.4. The molecule has 1 heterocycles. The van der Waals surface area contributed by atoms with Crippen molar-refractivity contribution in [3.05, 3.63) is 28.6 Å². The number of aryl methyl sites for hydroxylation is 2. The van der Waals surface area contributed by atoms with E-state index in [4.69, 9.17) is 0 Å². The monoisotopic (exact) mass is 262 g/mol. The standard InChI is InChI=1S/C16H26N2O/c1-12-15(13(2)18(3)17-12)10-11-16(19)14-8-6-4-5-7-9-14/h8,16,19H,4-7,9-11H2,1-3H3. The molecule has 19 heavy (non-hydrogen) atoms. The quantitative estimate of drug-likeness (QED) is 0.846. The first kappa shape index (κ1) is 14.3. The third kappa shape index (κ3) is 3.47. The second kappa shape index (κ2) is 6.38. The van der Waals surface area contributed by atoms with Gasteiger partial charge in [-0.2, -0.15) is 5.10 Å². The smallest absolute Gasteiger partial charge is 0.0753 e. The molecule has 0 bridgehead atoms. The van der Waals surface area contributed by atoms with Crippen molar-refractivity contribution in [3.63, 3.8) is 0 Å². The maximum absolute atomic E-state index is 10.4. The fourth-order valence-electron chi connectivity index (χ4n) is 2.99. The molecule has 2 rings (SSSR count). The molecular weight excluding hydrogens is 236 g/mol. The summed E-state index contributed by atoms with van der Waals surface area (Å²) in [5, 5.41) is 14.8. The molecule has 1 atom stereocenters. The minimum atomic E-state index is -0.267. The van der Waals surface area contributed by atoms with E-state index in [-0.39, 0.29) is 6.10 Å². The predicted octanol–water partition coefficient (Wildman–Crippen LogP) is 3.22. The maximum Gasteiger partial charge on any atom is 0.0753 e. The van der Waals surface area contributed by atoms with E-state index in [0.29, 0.717) is 0 Å². The molecule has 1 N–H and O–H groups in total. The largest absolute Gasteiger partial charge is 0.389 e. The molecular formula is C16H26N2O. The van der Waals surface area contributed by atoms with Crippen LogP contribution in [0.15, 0.2) is 11.6 Å². The average Bonchev–Trinajstić information content (AvgIpc) is 2.62. The highest BCUT2D eigenvalue weighted by atomic mass is 16.3. The van der Waals surface area contributed by atoms with Crippen molar-refractivity contribution in [2.24, 2.45) is 7.05 Å². The van der Waals surface area contributed by atoms with Gasteiger partial charge in [-0.15, -0.1) is 0 Å². The van der Waals surface area contributed by atoms with Crippen LogP contribution in [-0.4, -0.2) is 21.0 Å². The molecule has 0 spiro atoms. The highest BCUT2D eigenvalue weighted by molar-refractivity contribution is 5.25. The van der Waals surface area contributed by atoms with Crippen molar-refractivity contribution < 1.29 is 5.11 Å². The van der Waals surface area contributed by atoms with E-state index in [1.807, 2.05) is 11.7 Å². The number of rotatable bonds is 4. The van der Waals surface area contributed by atoms with Gasteiger partial charge in [0.1, 0.15) is 0 Å². The van der Waals surface area contributed by atoms with E-state index < -0.39 is 0 Å². The van der Waals surface area contributed by atoms with Crippen LogP contribution in [0, 0.1) is 13.8 Å². The molecule has 1 aromatic rings. The highest BCUT2D eigenvalue weighted by Crippen LogP contribution is 2.23. The van der Waals surface area contributed by atoms with Gasteiger partial charge in [-0.1, -0.05) is 12.5 Å². The minimum absolute atomic E-state index is 0.267. The van der Waals surface area contributed by atoms with Crippen LogP contribution in [0.4, 0.5) is 0 Å². The second-order valence-electron chi connectivity index (χ2n) is 5.71. The molecule has 0 saturated carbocycles. The lowest BCUT2D eigenvalue weighted by atomic mass is 9.97. The number of hydrogen-bond donors (Lipinski definition) is 1. The zero-order valence-corrected chi connectivity index (χ0v) is 12.4. The van der Waals surface area contributed by atoms with E-state index in [0.717, 1.165) is 31.4 Å². The molecule has 0 amide bonds. The minimum Gasteiger partial charge on any atom is -0.389 e. The van der Waals surface area contributed by atoms with Crippen molar-refractivity contribution in [3.8, 4) is 0 Å². The summed E-state index contributed by atoms with van der Waals surface area (Å²) in [6.45, 7) is 4.16. The SMILES string of the molecule is Cc1nn(C)c(C)c1CCC(O)C1=CCCCCC1. The van der Waals surface area contributed by atoms with Crippen LogP contribution in [0.1, 0.15) is 55.5 Å². The van der Waals surface area contributed by atoms with Crippen LogP contribution in [0.3, 0.4) is 0 Å². The molecule has 0 fully saturated rings.